The van der Waals surface area contributed by atoms with E-state index in [4.69, 9.17) is 5.73 Å². The first kappa shape index (κ1) is 10.9. The quantitative estimate of drug-likeness (QED) is 0.731. The minimum atomic E-state index is -0.203. The molecule has 2 heteroatoms. The molecule has 0 heterocycles. The Morgan fingerprint density at radius 1 is 1.43 bits per heavy atom. The van der Waals surface area contributed by atoms with E-state index in [9.17, 15) is 4.39 Å². The molecule has 0 radical (unpaired) electrons. The summed E-state index contributed by atoms with van der Waals surface area (Å²) in [6, 6.07) is 6.53. The Hall–Kier alpha value is -1.15. The molecule has 1 aromatic carbocycles. The lowest BCUT2D eigenvalue weighted by atomic mass is 9.92. The molecular weight excluding hydrogens is 177 g/mol. The predicted octanol–water partition coefficient (Wildman–Crippen LogP) is 2.83. The Labute approximate surface area is 84.4 Å². The van der Waals surface area contributed by atoms with Crippen LogP contribution in [0.5, 0.6) is 0 Å². The third kappa shape index (κ3) is 2.67. The molecule has 1 rings (SSSR count). The molecular formula is C12H16FN. The SMILES string of the molecule is C=C(CCN)C(C)c1ccc(F)cc1. The Balaban J connectivity index is 2.73. The molecule has 14 heavy (non-hydrogen) atoms. The van der Waals surface area contributed by atoms with Crippen LogP contribution >= 0.6 is 0 Å². The van der Waals surface area contributed by atoms with Crippen LogP contribution in [0.3, 0.4) is 0 Å². The van der Waals surface area contributed by atoms with E-state index in [1.165, 1.54) is 12.1 Å². The van der Waals surface area contributed by atoms with Crippen LogP contribution in [-0.2, 0) is 0 Å². The monoisotopic (exact) mass is 193 g/mol. The van der Waals surface area contributed by atoms with Gasteiger partial charge in [-0.25, -0.2) is 4.39 Å². The smallest absolute Gasteiger partial charge is 0.123 e. The van der Waals surface area contributed by atoms with Gasteiger partial charge in [0.2, 0.25) is 0 Å². The van der Waals surface area contributed by atoms with E-state index in [1.807, 2.05) is 0 Å². The molecule has 0 bridgehead atoms. The van der Waals surface area contributed by atoms with E-state index in [-0.39, 0.29) is 11.7 Å². The zero-order chi connectivity index (χ0) is 10.6. The average molecular weight is 193 g/mol. The second-order valence-electron chi connectivity index (χ2n) is 3.47. The van der Waals surface area contributed by atoms with Crippen LogP contribution < -0.4 is 5.73 Å². The first-order valence-corrected chi connectivity index (χ1v) is 4.78. The highest BCUT2D eigenvalue weighted by Gasteiger charge is 2.08. The third-order valence-electron chi connectivity index (χ3n) is 2.45. The molecule has 76 valence electrons. The van der Waals surface area contributed by atoms with E-state index < -0.39 is 0 Å². The van der Waals surface area contributed by atoms with Gasteiger partial charge < -0.3 is 5.73 Å². The number of nitrogens with two attached hydrogens (primary N) is 1. The zero-order valence-corrected chi connectivity index (χ0v) is 8.46. The van der Waals surface area contributed by atoms with Gasteiger partial charge in [-0.15, -0.1) is 0 Å². The van der Waals surface area contributed by atoms with E-state index in [0.717, 1.165) is 17.6 Å². The summed E-state index contributed by atoms with van der Waals surface area (Å²) in [5.74, 6) is 0.0459. The van der Waals surface area contributed by atoms with Crippen molar-refractivity contribution in [3.8, 4) is 0 Å². The topological polar surface area (TPSA) is 26.0 Å². The molecule has 0 fully saturated rings. The van der Waals surface area contributed by atoms with Crippen LogP contribution in [0, 0.1) is 5.82 Å². The summed E-state index contributed by atoms with van der Waals surface area (Å²) in [5, 5.41) is 0. The van der Waals surface area contributed by atoms with Gasteiger partial charge in [-0.2, -0.15) is 0 Å². The van der Waals surface area contributed by atoms with Gasteiger partial charge in [-0.1, -0.05) is 31.2 Å². The predicted molar refractivity (Wildman–Crippen MR) is 57.6 cm³/mol. The van der Waals surface area contributed by atoms with Crippen LogP contribution in [0.1, 0.15) is 24.8 Å². The van der Waals surface area contributed by atoms with Crippen LogP contribution in [0.15, 0.2) is 36.4 Å². The Bertz CT molecular complexity index is 303. The number of hydrogen-bond donors (Lipinski definition) is 1. The van der Waals surface area contributed by atoms with Crippen molar-refractivity contribution in [1.82, 2.24) is 0 Å². The van der Waals surface area contributed by atoms with Crippen molar-refractivity contribution in [2.45, 2.75) is 19.3 Å². The van der Waals surface area contributed by atoms with Crippen molar-refractivity contribution < 1.29 is 4.39 Å². The lowest BCUT2D eigenvalue weighted by molar-refractivity contribution is 0.626. The van der Waals surface area contributed by atoms with E-state index in [1.54, 1.807) is 12.1 Å². The van der Waals surface area contributed by atoms with Gasteiger partial charge in [0, 0.05) is 5.92 Å². The standard InChI is InChI=1S/C12H16FN/c1-9(7-8-14)10(2)11-3-5-12(13)6-4-11/h3-6,10H,1,7-8,14H2,2H3. The van der Waals surface area contributed by atoms with Crippen molar-refractivity contribution >= 4 is 0 Å². The van der Waals surface area contributed by atoms with Gasteiger partial charge in [-0.05, 0) is 30.7 Å². The molecule has 1 atom stereocenters. The lowest BCUT2D eigenvalue weighted by Gasteiger charge is -2.14. The number of benzene rings is 1. The summed E-state index contributed by atoms with van der Waals surface area (Å²) in [6.07, 6.45) is 0.818. The molecule has 0 amide bonds. The van der Waals surface area contributed by atoms with Crippen molar-refractivity contribution in [2.75, 3.05) is 6.54 Å². The minimum absolute atomic E-state index is 0.203. The third-order valence-corrected chi connectivity index (χ3v) is 2.45. The molecule has 0 saturated heterocycles. The van der Waals surface area contributed by atoms with Crippen LogP contribution in [0.4, 0.5) is 4.39 Å². The Morgan fingerprint density at radius 3 is 2.50 bits per heavy atom. The normalized spacial score (nSPS) is 12.5. The summed E-state index contributed by atoms with van der Waals surface area (Å²) in [5.41, 5.74) is 7.63. The van der Waals surface area contributed by atoms with Gasteiger partial charge in [-0.3, -0.25) is 0 Å². The largest absolute Gasteiger partial charge is 0.330 e. The molecule has 0 aliphatic rings. The maximum atomic E-state index is 12.7. The molecule has 1 nitrogen and oxygen atoms in total. The molecule has 0 aromatic heterocycles. The molecule has 0 saturated carbocycles. The second kappa shape index (κ2) is 4.91. The molecule has 1 unspecified atom stereocenters. The van der Waals surface area contributed by atoms with Crippen molar-refractivity contribution in [3.63, 3.8) is 0 Å². The number of halogens is 1. The van der Waals surface area contributed by atoms with Gasteiger partial charge in [0.15, 0.2) is 0 Å². The fourth-order valence-electron chi connectivity index (χ4n) is 1.39. The fraction of sp³-hybridized carbons (Fsp3) is 0.333. The maximum Gasteiger partial charge on any atom is 0.123 e. The molecule has 1 aromatic rings. The summed E-state index contributed by atoms with van der Waals surface area (Å²) in [7, 11) is 0. The first-order chi connectivity index (χ1) is 6.65. The second-order valence-corrected chi connectivity index (χ2v) is 3.47. The van der Waals surface area contributed by atoms with E-state index >= 15 is 0 Å². The summed E-state index contributed by atoms with van der Waals surface area (Å²) >= 11 is 0. The average Bonchev–Trinajstić information content (AvgIpc) is 2.18. The molecule has 0 aliphatic carbocycles. The number of hydrogen-bond acceptors (Lipinski definition) is 1. The highest BCUT2D eigenvalue weighted by atomic mass is 19.1. The molecule has 2 N–H and O–H groups in total. The van der Waals surface area contributed by atoms with Crippen molar-refractivity contribution in [3.05, 3.63) is 47.8 Å². The van der Waals surface area contributed by atoms with E-state index in [2.05, 4.69) is 13.5 Å². The molecule has 0 spiro atoms. The highest BCUT2D eigenvalue weighted by Crippen LogP contribution is 2.24. The van der Waals surface area contributed by atoms with E-state index in [0.29, 0.717) is 6.54 Å². The van der Waals surface area contributed by atoms with Gasteiger partial charge >= 0.3 is 0 Å². The summed E-state index contributed by atoms with van der Waals surface area (Å²) < 4.78 is 12.7. The van der Waals surface area contributed by atoms with Crippen molar-refractivity contribution in [2.24, 2.45) is 5.73 Å². The number of rotatable bonds is 4. The lowest BCUT2D eigenvalue weighted by Crippen LogP contribution is -2.04. The fourth-order valence-corrected chi connectivity index (χ4v) is 1.39. The Kier molecular flexibility index (Phi) is 3.84. The maximum absolute atomic E-state index is 12.7. The van der Waals surface area contributed by atoms with Gasteiger partial charge in [0.25, 0.3) is 0 Å². The highest BCUT2D eigenvalue weighted by molar-refractivity contribution is 5.27. The zero-order valence-electron chi connectivity index (χ0n) is 8.46. The molecule has 0 aliphatic heterocycles. The van der Waals surface area contributed by atoms with Gasteiger partial charge in [0.05, 0.1) is 0 Å². The van der Waals surface area contributed by atoms with Crippen LogP contribution in [0.2, 0.25) is 0 Å². The first-order valence-electron chi connectivity index (χ1n) is 4.78. The van der Waals surface area contributed by atoms with Gasteiger partial charge in [0.1, 0.15) is 5.82 Å². The van der Waals surface area contributed by atoms with Crippen LogP contribution in [-0.4, -0.2) is 6.54 Å². The minimum Gasteiger partial charge on any atom is -0.330 e. The van der Waals surface area contributed by atoms with Crippen LogP contribution in [0.25, 0.3) is 0 Å². The summed E-state index contributed by atoms with van der Waals surface area (Å²) in [4.78, 5) is 0. The Morgan fingerprint density at radius 2 is 2.00 bits per heavy atom. The van der Waals surface area contributed by atoms with Crippen molar-refractivity contribution in [1.29, 1.82) is 0 Å². The summed E-state index contributed by atoms with van der Waals surface area (Å²) in [6.45, 7) is 6.65.